The average Bonchev–Trinajstić information content (AvgIpc) is 3.58. The van der Waals surface area contributed by atoms with Gasteiger partial charge in [0.25, 0.3) is 0 Å². The van der Waals surface area contributed by atoms with Gasteiger partial charge < -0.3 is 4.57 Å². The number of rotatable bonds is 4. The zero-order valence-corrected chi connectivity index (χ0v) is 28.7. The Morgan fingerprint density at radius 3 is 1.77 bits per heavy atom. The summed E-state index contributed by atoms with van der Waals surface area (Å²) in [5, 5.41) is 12.5. The van der Waals surface area contributed by atoms with Crippen molar-refractivity contribution in [2.24, 2.45) is 0 Å². The first kappa shape index (κ1) is 29.6. The fourth-order valence-electron chi connectivity index (χ4n) is 8.40. The van der Waals surface area contributed by atoms with Gasteiger partial charge in [-0.25, -0.2) is 9.97 Å². The molecule has 0 aliphatic rings. The van der Waals surface area contributed by atoms with Crippen LogP contribution in [0.15, 0.2) is 188 Å². The van der Waals surface area contributed by atoms with Crippen LogP contribution in [0.4, 0.5) is 0 Å². The second kappa shape index (κ2) is 11.7. The van der Waals surface area contributed by atoms with Crippen LogP contribution >= 0.6 is 0 Å². The Morgan fingerprint density at radius 1 is 0.340 bits per heavy atom. The molecule has 53 heavy (non-hydrogen) atoms. The molecule has 2 aromatic heterocycles. The molecule has 0 aliphatic carbocycles. The lowest BCUT2D eigenvalue weighted by Gasteiger charge is -2.16. The van der Waals surface area contributed by atoms with Crippen molar-refractivity contribution in [1.29, 1.82) is 0 Å². The number of hydrogen-bond acceptors (Lipinski definition) is 2. The van der Waals surface area contributed by atoms with E-state index in [0.717, 1.165) is 39.2 Å². The van der Waals surface area contributed by atoms with Gasteiger partial charge in [-0.15, -0.1) is 0 Å². The van der Waals surface area contributed by atoms with E-state index in [0.29, 0.717) is 5.82 Å². The number of aromatic nitrogens is 3. The number of benzene rings is 9. The SMILES string of the molecule is c1ccc(-c2cc(-c3ccc(-n4c5ccccc5c5c6ccc7ccc8ccccc8c7c6ccc54)c4ccccc34)nc(-c3ccccc3)n2)cc1. The normalized spacial score (nSPS) is 11.8. The summed E-state index contributed by atoms with van der Waals surface area (Å²) in [4.78, 5) is 10.3. The number of nitrogens with zero attached hydrogens (tertiary/aromatic N) is 3. The first-order chi connectivity index (χ1) is 26.3. The quantitative estimate of drug-likeness (QED) is 0.174. The largest absolute Gasteiger partial charge is 0.309 e. The van der Waals surface area contributed by atoms with Gasteiger partial charge in [0.15, 0.2) is 5.82 Å². The molecule has 2 heterocycles. The van der Waals surface area contributed by atoms with Crippen LogP contribution in [-0.2, 0) is 0 Å². The molecule has 0 aliphatic heterocycles. The molecule has 0 saturated heterocycles. The molecule has 11 rings (SSSR count). The molecule has 3 heteroatoms. The van der Waals surface area contributed by atoms with Crippen molar-refractivity contribution >= 4 is 64.9 Å². The maximum atomic E-state index is 5.20. The molecule has 9 aromatic carbocycles. The Balaban J connectivity index is 1.17. The summed E-state index contributed by atoms with van der Waals surface area (Å²) >= 11 is 0. The van der Waals surface area contributed by atoms with Crippen LogP contribution in [0.3, 0.4) is 0 Å². The van der Waals surface area contributed by atoms with Gasteiger partial charge in [-0.1, -0.05) is 164 Å². The fourth-order valence-corrected chi connectivity index (χ4v) is 8.40. The van der Waals surface area contributed by atoms with Gasteiger partial charge in [-0.05, 0) is 62.0 Å². The third-order valence-corrected chi connectivity index (χ3v) is 10.8. The maximum Gasteiger partial charge on any atom is 0.160 e. The molecule has 0 radical (unpaired) electrons. The van der Waals surface area contributed by atoms with Crippen LogP contribution < -0.4 is 0 Å². The van der Waals surface area contributed by atoms with E-state index in [2.05, 4.69) is 168 Å². The van der Waals surface area contributed by atoms with Crippen LogP contribution in [0.2, 0.25) is 0 Å². The summed E-state index contributed by atoms with van der Waals surface area (Å²) < 4.78 is 2.45. The molecule has 0 fully saturated rings. The molecule has 246 valence electrons. The smallest absolute Gasteiger partial charge is 0.160 e. The number of hydrogen-bond donors (Lipinski definition) is 0. The van der Waals surface area contributed by atoms with E-state index in [1.807, 2.05) is 24.3 Å². The van der Waals surface area contributed by atoms with E-state index in [4.69, 9.17) is 9.97 Å². The molecule has 0 N–H and O–H groups in total. The van der Waals surface area contributed by atoms with Gasteiger partial charge in [0, 0.05) is 32.8 Å². The van der Waals surface area contributed by atoms with Gasteiger partial charge in [-0.2, -0.15) is 0 Å². The van der Waals surface area contributed by atoms with E-state index >= 15 is 0 Å². The summed E-state index contributed by atoms with van der Waals surface area (Å²) in [7, 11) is 0. The van der Waals surface area contributed by atoms with Crippen molar-refractivity contribution in [1.82, 2.24) is 14.5 Å². The van der Waals surface area contributed by atoms with Crippen molar-refractivity contribution < 1.29 is 0 Å². The topological polar surface area (TPSA) is 30.7 Å². The first-order valence-corrected chi connectivity index (χ1v) is 18.1. The Bertz CT molecular complexity index is 3160. The maximum absolute atomic E-state index is 5.20. The number of fused-ring (bicyclic) bond motifs is 10. The van der Waals surface area contributed by atoms with Crippen LogP contribution in [0.25, 0.3) is 104 Å². The molecule has 0 atom stereocenters. The van der Waals surface area contributed by atoms with Crippen molar-refractivity contribution in [3.05, 3.63) is 188 Å². The van der Waals surface area contributed by atoms with Gasteiger partial charge in [0.05, 0.1) is 28.1 Å². The predicted molar refractivity (Wildman–Crippen MR) is 223 cm³/mol. The summed E-state index contributed by atoms with van der Waals surface area (Å²) in [5.41, 5.74) is 8.44. The molecule has 0 amide bonds. The van der Waals surface area contributed by atoms with E-state index < -0.39 is 0 Å². The van der Waals surface area contributed by atoms with Crippen LogP contribution in [-0.4, -0.2) is 14.5 Å². The summed E-state index contributed by atoms with van der Waals surface area (Å²) in [6.07, 6.45) is 0. The number of para-hydroxylation sites is 1. The molecule has 11 aromatic rings. The lowest BCUT2D eigenvalue weighted by molar-refractivity contribution is 1.18. The monoisotopic (exact) mass is 673 g/mol. The van der Waals surface area contributed by atoms with E-state index in [-0.39, 0.29) is 0 Å². The van der Waals surface area contributed by atoms with Crippen molar-refractivity contribution in [3.8, 4) is 39.6 Å². The average molecular weight is 674 g/mol. The molecule has 0 bridgehead atoms. The Morgan fingerprint density at radius 2 is 0.943 bits per heavy atom. The Hall–Kier alpha value is -7.10. The highest BCUT2D eigenvalue weighted by Gasteiger charge is 2.20. The first-order valence-electron chi connectivity index (χ1n) is 18.1. The summed E-state index contributed by atoms with van der Waals surface area (Å²) in [5.74, 6) is 0.713. The van der Waals surface area contributed by atoms with Gasteiger partial charge in [0.1, 0.15) is 0 Å². The Labute approximate surface area is 306 Å². The van der Waals surface area contributed by atoms with Gasteiger partial charge >= 0.3 is 0 Å². The highest BCUT2D eigenvalue weighted by molar-refractivity contribution is 6.29. The minimum absolute atomic E-state index is 0.713. The zero-order valence-electron chi connectivity index (χ0n) is 28.7. The second-order valence-electron chi connectivity index (χ2n) is 13.7. The standard InChI is InChI=1S/C50H31N3/c1-3-14-33(15-4-1)43-31-44(52-50(51-43)35-16-5-2-6-17-35)38-27-29-46(39-20-10-9-19-37(38)39)53-45-22-12-11-21-42(45)49-41-26-25-34-24-23-32-13-7-8-18-36(32)48(34)40(41)28-30-47(49)53/h1-31H. The van der Waals surface area contributed by atoms with E-state index in [1.165, 1.54) is 59.5 Å². The molecular weight excluding hydrogens is 643 g/mol. The highest BCUT2D eigenvalue weighted by atomic mass is 15.0. The third-order valence-electron chi connectivity index (χ3n) is 10.8. The summed E-state index contributed by atoms with van der Waals surface area (Å²) in [6, 6.07) is 67.3. The van der Waals surface area contributed by atoms with Gasteiger partial charge in [0.2, 0.25) is 0 Å². The molecule has 0 saturated carbocycles. The van der Waals surface area contributed by atoms with Gasteiger partial charge in [-0.3, -0.25) is 0 Å². The second-order valence-corrected chi connectivity index (χ2v) is 13.7. The van der Waals surface area contributed by atoms with Crippen molar-refractivity contribution in [3.63, 3.8) is 0 Å². The van der Waals surface area contributed by atoms with Crippen molar-refractivity contribution in [2.45, 2.75) is 0 Å². The molecular formula is C50H31N3. The Kier molecular flexibility index (Phi) is 6.55. The summed E-state index contributed by atoms with van der Waals surface area (Å²) in [6.45, 7) is 0. The van der Waals surface area contributed by atoms with Crippen molar-refractivity contribution in [2.75, 3.05) is 0 Å². The lowest BCUT2D eigenvalue weighted by Crippen LogP contribution is -1.99. The van der Waals surface area contributed by atoms with Crippen LogP contribution in [0.5, 0.6) is 0 Å². The highest BCUT2D eigenvalue weighted by Crippen LogP contribution is 2.43. The van der Waals surface area contributed by atoms with E-state index in [1.54, 1.807) is 0 Å². The third kappa shape index (κ3) is 4.61. The van der Waals surface area contributed by atoms with Crippen LogP contribution in [0, 0.1) is 0 Å². The lowest BCUT2D eigenvalue weighted by atomic mass is 9.94. The fraction of sp³-hybridized carbons (Fsp3) is 0. The zero-order chi connectivity index (χ0) is 34.9. The van der Waals surface area contributed by atoms with E-state index in [9.17, 15) is 0 Å². The minimum atomic E-state index is 0.713. The predicted octanol–water partition coefficient (Wildman–Crippen LogP) is 13.2. The molecule has 3 nitrogen and oxygen atoms in total. The minimum Gasteiger partial charge on any atom is -0.309 e. The van der Waals surface area contributed by atoms with Crippen LogP contribution in [0.1, 0.15) is 0 Å². The molecule has 0 unspecified atom stereocenters. The molecule has 0 spiro atoms.